The molecule has 1 aliphatic rings. The van der Waals surface area contributed by atoms with Crippen molar-refractivity contribution in [1.82, 2.24) is 14.5 Å². The predicted molar refractivity (Wildman–Crippen MR) is 96.2 cm³/mol. The molecular formula is C19H20N4O2. The number of aryl methyl sites for hydroxylation is 1. The quantitative estimate of drug-likeness (QED) is 0.780. The predicted octanol–water partition coefficient (Wildman–Crippen LogP) is 2.37. The van der Waals surface area contributed by atoms with Gasteiger partial charge in [0.25, 0.3) is 5.91 Å². The standard InChI is InChI=1S/C19H20N4O2/c1-22-11-14(13-5-2-3-7-16(13)22)19(24)23-9-10-25-17(12-23)15-6-4-8-18(20)21-15/h2-8,11,17H,9-10,12H2,1H3,(H2,20,21). The van der Waals surface area contributed by atoms with E-state index in [1.807, 2.05) is 59.1 Å². The number of carbonyl (C=O) groups is 1. The summed E-state index contributed by atoms with van der Waals surface area (Å²) in [6, 6.07) is 13.4. The molecule has 6 heteroatoms. The Morgan fingerprint density at radius 3 is 2.92 bits per heavy atom. The number of aromatic nitrogens is 2. The fourth-order valence-corrected chi connectivity index (χ4v) is 3.34. The number of morpholine rings is 1. The van der Waals surface area contributed by atoms with Gasteiger partial charge in [-0.15, -0.1) is 0 Å². The first-order chi connectivity index (χ1) is 12.1. The van der Waals surface area contributed by atoms with Crippen LogP contribution in [0.5, 0.6) is 0 Å². The Bertz CT molecular complexity index is 934. The molecule has 3 aromatic rings. The van der Waals surface area contributed by atoms with Gasteiger partial charge in [-0.1, -0.05) is 24.3 Å². The van der Waals surface area contributed by atoms with E-state index in [4.69, 9.17) is 10.5 Å². The van der Waals surface area contributed by atoms with Crippen molar-refractivity contribution in [2.45, 2.75) is 6.10 Å². The molecule has 3 heterocycles. The molecule has 1 unspecified atom stereocenters. The van der Waals surface area contributed by atoms with Crippen molar-refractivity contribution in [3.05, 3.63) is 59.9 Å². The van der Waals surface area contributed by atoms with Crippen LogP contribution in [0.1, 0.15) is 22.2 Å². The number of nitrogens with zero attached hydrogens (tertiary/aromatic N) is 3. The summed E-state index contributed by atoms with van der Waals surface area (Å²) in [5, 5.41) is 0.972. The van der Waals surface area contributed by atoms with Gasteiger partial charge >= 0.3 is 0 Å². The number of pyridine rings is 1. The zero-order chi connectivity index (χ0) is 17.4. The van der Waals surface area contributed by atoms with Crippen LogP contribution in [0, 0.1) is 0 Å². The van der Waals surface area contributed by atoms with Crippen LogP contribution in [-0.4, -0.2) is 40.1 Å². The average molecular weight is 336 g/mol. The third-order valence-corrected chi connectivity index (χ3v) is 4.60. The molecule has 1 saturated heterocycles. The number of para-hydroxylation sites is 1. The minimum Gasteiger partial charge on any atom is -0.384 e. The first-order valence-corrected chi connectivity index (χ1v) is 8.31. The Labute approximate surface area is 145 Å². The van der Waals surface area contributed by atoms with Gasteiger partial charge in [0.1, 0.15) is 11.9 Å². The van der Waals surface area contributed by atoms with Gasteiger partial charge in [-0.25, -0.2) is 4.98 Å². The molecule has 1 atom stereocenters. The van der Waals surface area contributed by atoms with Crippen molar-refractivity contribution < 1.29 is 9.53 Å². The third kappa shape index (κ3) is 2.85. The highest BCUT2D eigenvalue weighted by molar-refractivity contribution is 6.07. The second-order valence-corrected chi connectivity index (χ2v) is 6.27. The molecule has 0 bridgehead atoms. The summed E-state index contributed by atoms with van der Waals surface area (Å²) in [6.07, 6.45) is 1.65. The van der Waals surface area contributed by atoms with Crippen molar-refractivity contribution in [3.8, 4) is 0 Å². The number of benzene rings is 1. The smallest absolute Gasteiger partial charge is 0.256 e. The molecular weight excluding hydrogens is 316 g/mol. The monoisotopic (exact) mass is 336 g/mol. The number of carbonyl (C=O) groups excluding carboxylic acids is 1. The van der Waals surface area contributed by atoms with E-state index in [1.165, 1.54) is 0 Å². The van der Waals surface area contributed by atoms with Gasteiger partial charge in [0.05, 0.1) is 24.4 Å². The molecule has 0 saturated carbocycles. The van der Waals surface area contributed by atoms with Gasteiger partial charge in [0.15, 0.2) is 0 Å². The van der Waals surface area contributed by atoms with E-state index in [1.54, 1.807) is 6.07 Å². The number of anilines is 1. The SMILES string of the molecule is Cn1cc(C(=O)N2CCOC(c3cccc(N)n3)C2)c2ccccc21. The molecule has 1 amide bonds. The number of nitrogen functional groups attached to an aromatic ring is 1. The molecule has 0 aliphatic carbocycles. The van der Waals surface area contributed by atoms with Crippen LogP contribution < -0.4 is 5.73 Å². The van der Waals surface area contributed by atoms with Gasteiger partial charge in [-0.2, -0.15) is 0 Å². The Hall–Kier alpha value is -2.86. The van der Waals surface area contributed by atoms with E-state index >= 15 is 0 Å². The van der Waals surface area contributed by atoms with Crippen LogP contribution in [0.25, 0.3) is 10.9 Å². The minimum atomic E-state index is -0.254. The van der Waals surface area contributed by atoms with Gasteiger partial charge in [0, 0.05) is 30.7 Å². The van der Waals surface area contributed by atoms with Crippen molar-refractivity contribution in [3.63, 3.8) is 0 Å². The molecule has 0 spiro atoms. The number of hydrogen-bond acceptors (Lipinski definition) is 4. The molecule has 1 aliphatic heterocycles. The highest BCUT2D eigenvalue weighted by atomic mass is 16.5. The topological polar surface area (TPSA) is 73.4 Å². The van der Waals surface area contributed by atoms with E-state index in [9.17, 15) is 4.79 Å². The second-order valence-electron chi connectivity index (χ2n) is 6.27. The Balaban J connectivity index is 1.61. The molecule has 6 nitrogen and oxygen atoms in total. The van der Waals surface area contributed by atoms with Crippen LogP contribution in [0.2, 0.25) is 0 Å². The number of amides is 1. The first kappa shape index (κ1) is 15.7. The summed E-state index contributed by atoms with van der Waals surface area (Å²) in [6.45, 7) is 1.52. The van der Waals surface area contributed by atoms with E-state index < -0.39 is 0 Å². The van der Waals surface area contributed by atoms with Crippen LogP contribution in [-0.2, 0) is 11.8 Å². The molecule has 25 heavy (non-hydrogen) atoms. The second kappa shape index (κ2) is 6.22. The average Bonchev–Trinajstić information content (AvgIpc) is 2.98. The number of ether oxygens (including phenoxy) is 1. The summed E-state index contributed by atoms with van der Waals surface area (Å²) >= 11 is 0. The van der Waals surface area contributed by atoms with E-state index in [0.29, 0.717) is 25.5 Å². The van der Waals surface area contributed by atoms with Crippen molar-refractivity contribution in [1.29, 1.82) is 0 Å². The Morgan fingerprint density at radius 2 is 2.08 bits per heavy atom. The normalized spacial score (nSPS) is 17.8. The lowest BCUT2D eigenvalue weighted by molar-refractivity contribution is -0.0246. The maximum atomic E-state index is 13.1. The van der Waals surface area contributed by atoms with Crippen LogP contribution in [0.4, 0.5) is 5.82 Å². The van der Waals surface area contributed by atoms with Gasteiger partial charge < -0.3 is 19.9 Å². The fraction of sp³-hybridized carbons (Fsp3) is 0.263. The van der Waals surface area contributed by atoms with E-state index in [-0.39, 0.29) is 12.0 Å². The summed E-state index contributed by atoms with van der Waals surface area (Å²) in [5.74, 6) is 0.479. The number of nitrogens with two attached hydrogens (primary N) is 1. The molecule has 2 aromatic heterocycles. The number of rotatable bonds is 2. The highest BCUT2D eigenvalue weighted by Crippen LogP contribution is 2.26. The minimum absolute atomic E-state index is 0.0222. The van der Waals surface area contributed by atoms with Crippen LogP contribution in [0.15, 0.2) is 48.7 Å². The zero-order valence-electron chi connectivity index (χ0n) is 14.1. The Kier molecular flexibility index (Phi) is 3.89. The first-order valence-electron chi connectivity index (χ1n) is 8.31. The van der Waals surface area contributed by atoms with E-state index in [0.717, 1.165) is 22.2 Å². The number of fused-ring (bicyclic) bond motifs is 1. The number of hydrogen-bond donors (Lipinski definition) is 1. The molecule has 2 N–H and O–H groups in total. The van der Waals surface area contributed by atoms with E-state index in [2.05, 4.69) is 4.98 Å². The molecule has 0 radical (unpaired) electrons. The lowest BCUT2D eigenvalue weighted by atomic mass is 10.1. The van der Waals surface area contributed by atoms with Gasteiger partial charge in [-0.3, -0.25) is 4.79 Å². The fourth-order valence-electron chi connectivity index (χ4n) is 3.34. The maximum Gasteiger partial charge on any atom is 0.256 e. The molecule has 1 fully saturated rings. The molecule has 1 aromatic carbocycles. The summed E-state index contributed by atoms with van der Waals surface area (Å²) < 4.78 is 7.80. The van der Waals surface area contributed by atoms with Gasteiger partial charge in [-0.05, 0) is 18.2 Å². The maximum absolute atomic E-state index is 13.1. The largest absolute Gasteiger partial charge is 0.384 e. The lowest BCUT2D eigenvalue weighted by Gasteiger charge is -2.32. The third-order valence-electron chi connectivity index (χ3n) is 4.60. The van der Waals surface area contributed by atoms with Crippen molar-refractivity contribution in [2.24, 2.45) is 7.05 Å². The summed E-state index contributed by atoms with van der Waals surface area (Å²) in [7, 11) is 1.96. The molecule has 4 rings (SSSR count). The van der Waals surface area contributed by atoms with Crippen LogP contribution in [0.3, 0.4) is 0 Å². The van der Waals surface area contributed by atoms with Crippen LogP contribution >= 0.6 is 0 Å². The van der Waals surface area contributed by atoms with Gasteiger partial charge in [0.2, 0.25) is 0 Å². The van der Waals surface area contributed by atoms with Crippen molar-refractivity contribution >= 4 is 22.6 Å². The van der Waals surface area contributed by atoms with Crippen molar-refractivity contribution in [2.75, 3.05) is 25.4 Å². The summed E-state index contributed by atoms with van der Waals surface area (Å²) in [5.41, 5.74) is 8.30. The zero-order valence-corrected chi connectivity index (χ0v) is 14.1. The Morgan fingerprint density at radius 1 is 1.24 bits per heavy atom. The molecule has 128 valence electrons. The highest BCUT2D eigenvalue weighted by Gasteiger charge is 2.28. The lowest BCUT2D eigenvalue weighted by Crippen LogP contribution is -2.42. The summed E-state index contributed by atoms with van der Waals surface area (Å²) in [4.78, 5) is 19.2.